The topological polar surface area (TPSA) is 17.1 Å². The SMILES string of the molecule is CCCCC/C=C\C=C\CC(=O)CCCCCCCCCC. The lowest BCUT2D eigenvalue weighted by atomic mass is 10.1. The lowest BCUT2D eigenvalue weighted by Gasteiger charge is -2.00. The van der Waals surface area contributed by atoms with Crippen LogP contribution in [0.5, 0.6) is 0 Å². The Balaban J connectivity index is 3.35. The number of Topliss-reactive ketones (excluding diaryl/α,β-unsaturated/α-hetero) is 1. The minimum atomic E-state index is 0.390. The summed E-state index contributed by atoms with van der Waals surface area (Å²) in [5.41, 5.74) is 0. The van der Waals surface area contributed by atoms with Crippen molar-refractivity contribution in [3.63, 3.8) is 0 Å². The van der Waals surface area contributed by atoms with E-state index in [0.29, 0.717) is 12.2 Å². The molecule has 0 atom stereocenters. The highest BCUT2D eigenvalue weighted by atomic mass is 16.1. The summed E-state index contributed by atoms with van der Waals surface area (Å²) in [6.45, 7) is 4.48. The third-order valence-corrected chi connectivity index (χ3v) is 4.01. The summed E-state index contributed by atoms with van der Waals surface area (Å²) in [6.07, 6.45) is 25.1. The van der Waals surface area contributed by atoms with Crippen molar-refractivity contribution in [3.05, 3.63) is 24.3 Å². The zero-order chi connectivity index (χ0) is 16.3. The van der Waals surface area contributed by atoms with E-state index in [9.17, 15) is 4.79 Å². The van der Waals surface area contributed by atoms with Crippen LogP contribution in [0.15, 0.2) is 24.3 Å². The van der Waals surface area contributed by atoms with Gasteiger partial charge in [0.05, 0.1) is 0 Å². The highest BCUT2D eigenvalue weighted by Crippen LogP contribution is 2.10. The van der Waals surface area contributed by atoms with Gasteiger partial charge >= 0.3 is 0 Å². The van der Waals surface area contributed by atoms with Gasteiger partial charge in [-0.25, -0.2) is 0 Å². The van der Waals surface area contributed by atoms with Gasteiger partial charge in [-0.05, 0) is 19.3 Å². The van der Waals surface area contributed by atoms with Crippen molar-refractivity contribution in [3.8, 4) is 0 Å². The monoisotopic (exact) mass is 306 g/mol. The first-order chi connectivity index (χ1) is 10.8. The molecule has 0 amide bonds. The molecule has 0 saturated heterocycles. The molecule has 1 heteroatoms. The molecule has 0 N–H and O–H groups in total. The van der Waals surface area contributed by atoms with Crippen LogP contribution < -0.4 is 0 Å². The van der Waals surface area contributed by atoms with E-state index in [1.54, 1.807) is 0 Å². The Bertz CT molecular complexity index is 288. The quantitative estimate of drug-likeness (QED) is 0.218. The molecule has 0 fully saturated rings. The third-order valence-electron chi connectivity index (χ3n) is 4.01. The maximum atomic E-state index is 11.7. The summed E-state index contributed by atoms with van der Waals surface area (Å²) < 4.78 is 0. The molecule has 22 heavy (non-hydrogen) atoms. The van der Waals surface area contributed by atoms with Crippen molar-refractivity contribution in [2.45, 2.75) is 104 Å². The maximum absolute atomic E-state index is 11.7. The smallest absolute Gasteiger partial charge is 0.136 e. The van der Waals surface area contributed by atoms with Crippen molar-refractivity contribution in [1.82, 2.24) is 0 Å². The summed E-state index contributed by atoms with van der Waals surface area (Å²) in [4.78, 5) is 11.7. The molecule has 0 unspecified atom stereocenters. The predicted octanol–water partition coefficient (Wildman–Crippen LogP) is 7.17. The van der Waals surface area contributed by atoms with Gasteiger partial charge in [0, 0.05) is 12.8 Å². The molecule has 0 bridgehead atoms. The molecular formula is C21H38O. The second kappa shape index (κ2) is 18.2. The van der Waals surface area contributed by atoms with Crippen LogP contribution in [0.25, 0.3) is 0 Å². The number of allylic oxidation sites excluding steroid dienone is 4. The molecule has 0 saturated carbocycles. The van der Waals surface area contributed by atoms with Crippen molar-refractivity contribution >= 4 is 5.78 Å². The van der Waals surface area contributed by atoms with Gasteiger partial charge in [-0.2, -0.15) is 0 Å². The Morgan fingerprint density at radius 1 is 0.682 bits per heavy atom. The standard InChI is InChI=1S/C21H38O/c1-3-5-7-9-11-13-15-17-19-21(22)20-18-16-14-12-10-8-6-4-2/h11,13,15,17H,3-10,12,14,16,18-20H2,1-2H3/b13-11-,17-15+. The van der Waals surface area contributed by atoms with E-state index in [0.717, 1.165) is 19.3 Å². The molecule has 128 valence electrons. The molecule has 0 aromatic heterocycles. The van der Waals surface area contributed by atoms with Crippen LogP contribution in [0.4, 0.5) is 0 Å². The molecular weight excluding hydrogens is 268 g/mol. The number of hydrogen-bond donors (Lipinski definition) is 0. The first kappa shape index (κ1) is 21.1. The van der Waals surface area contributed by atoms with Gasteiger partial charge in [-0.1, -0.05) is 95.9 Å². The van der Waals surface area contributed by atoms with Gasteiger partial charge in [-0.3, -0.25) is 4.79 Å². The summed E-state index contributed by atoms with van der Waals surface area (Å²) in [6, 6.07) is 0. The summed E-state index contributed by atoms with van der Waals surface area (Å²) in [7, 11) is 0. The van der Waals surface area contributed by atoms with E-state index in [4.69, 9.17) is 0 Å². The van der Waals surface area contributed by atoms with Crippen LogP contribution >= 0.6 is 0 Å². The first-order valence-electron chi connectivity index (χ1n) is 9.64. The van der Waals surface area contributed by atoms with E-state index in [-0.39, 0.29) is 0 Å². The molecule has 0 aromatic rings. The number of ketones is 1. The minimum Gasteiger partial charge on any atom is -0.299 e. The van der Waals surface area contributed by atoms with Gasteiger partial charge in [0.25, 0.3) is 0 Å². The number of carbonyl (C=O) groups is 1. The molecule has 0 aromatic carbocycles. The summed E-state index contributed by atoms with van der Waals surface area (Å²) in [5, 5.41) is 0. The van der Waals surface area contributed by atoms with Crippen LogP contribution in [-0.2, 0) is 4.79 Å². The molecule has 0 rings (SSSR count). The highest BCUT2D eigenvalue weighted by molar-refractivity contribution is 5.79. The normalized spacial score (nSPS) is 11.7. The molecule has 0 spiro atoms. The van der Waals surface area contributed by atoms with Crippen LogP contribution in [0.2, 0.25) is 0 Å². The lowest BCUT2D eigenvalue weighted by molar-refractivity contribution is -0.118. The van der Waals surface area contributed by atoms with E-state index in [1.807, 2.05) is 12.2 Å². The van der Waals surface area contributed by atoms with Crippen molar-refractivity contribution in [1.29, 1.82) is 0 Å². The predicted molar refractivity (Wildman–Crippen MR) is 99.3 cm³/mol. The number of hydrogen-bond acceptors (Lipinski definition) is 1. The second-order valence-electron chi connectivity index (χ2n) is 6.32. The van der Waals surface area contributed by atoms with Crippen molar-refractivity contribution < 1.29 is 4.79 Å². The average Bonchev–Trinajstić information content (AvgIpc) is 2.52. The number of carbonyl (C=O) groups excluding carboxylic acids is 1. The van der Waals surface area contributed by atoms with Gasteiger partial charge in [0.15, 0.2) is 0 Å². The van der Waals surface area contributed by atoms with E-state index in [1.165, 1.54) is 64.2 Å². The fraction of sp³-hybridized carbons (Fsp3) is 0.762. The average molecular weight is 307 g/mol. The molecule has 0 radical (unpaired) electrons. The third kappa shape index (κ3) is 17.2. The maximum Gasteiger partial charge on any atom is 0.136 e. The molecule has 0 heterocycles. The Kier molecular flexibility index (Phi) is 17.5. The van der Waals surface area contributed by atoms with Crippen molar-refractivity contribution in [2.75, 3.05) is 0 Å². The van der Waals surface area contributed by atoms with Gasteiger partial charge in [0.2, 0.25) is 0 Å². The van der Waals surface area contributed by atoms with E-state index >= 15 is 0 Å². The summed E-state index contributed by atoms with van der Waals surface area (Å²) >= 11 is 0. The highest BCUT2D eigenvalue weighted by Gasteiger charge is 1.98. The van der Waals surface area contributed by atoms with Crippen LogP contribution in [0.3, 0.4) is 0 Å². The summed E-state index contributed by atoms with van der Waals surface area (Å²) in [5.74, 6) is 0.390. The Morgan fingerprint density at radius 3 is 1.91 bits per heavy atom. The fourth-order valence-electron chi connectivity index (χ4n) is 2.52. The van der Waals surface area contributed by atoms with E-state index in [2.05, 4.69) is 26.0 Å². The number of rotatable bonds is 16. The Labute approximate surface area is 139 Å². The zero-order valence-electron chi connectivity index (χ0n) is 15.1. The lowest BCUT2D eigenvalue weighted by Crippen LogP contribution is -1.95. The molecule has 0 aliphatic rings. The van der Waals surface area contributed by atoms with Gasteiger partial charge in [0.1, 0.15) is 5.78 Å². The molecule has 0 aliphatic carbocycles. The Morgan fingerprint density at radius 2 is 1.23 bits per heavy atom. The van der Waals surface area contributed by atoms with Crippen LogP contribution in [-0.4, -0.2) is 5.78 Å². The van der Waals surface area contributed by atoms with Gasteiger partial charge in [-0.15, -0.1) is 0 Å². The van der Waals surface area contributed by atoms with Gasteiger partial charge < -0.3 is 0 Å². The van der Waals surface area contributed by atoms with E-state index < -0.39 is 0 Å². The second-order valence-corrected chi connectivity index (χ2v) is 6.32. The zero-order valence-corrected chi connectivity index (χ0v) is 15.1. The largest absolute Gasteiger partial charge is 0.299 e. The van der Waals surface area contributed by atoms with Crippen LogP contribution in [0.1, 0.15) is 104 Å². The van der Waals surface area contributed by atoms with Crippen LogP contribution in [0, 0.1) is 0 Å². The Hall–Kier alpha value is -0.850. The molecule has 0 aliphatic heterocycles. The number of unbranched alkanes of at least 4 members (excludes halogenated alkanes) is 10. The molecule has 1 nitrogen and oxygen atoms in total. The van der Waals surface area contributed by atoms with Crippen molar-refractivity contribution in [2.24, 2.45) is 0 Å². The fourth-order valence-corrected chi connectivity index (χ4v) is 2.52. The first-order valence-corrected chi connectivity index (χ1v) is 9.64. The minimum absolute atomic E-state index is 0.390.